The lowest BCUT2D eigenvalue weighted by atomic mass is 9.85. The predicted octanol–water partition coefficient (Wildman–Crippen LogP) is -2.26. The molecule has 1 saturated heterocycles. The number of hydrogen-bond acceptors (Lipinski definition) is 14. The van der Waals surface area contributed by atoms with Crippen LogP contribution in [-0.4, -0.2) is 82.5 Å². The molecule has 18 nitrogen and oxygen atoms in total. The summed E-state index contributed by atoms with van der Waals surface area (Å²) in [5.74, 6) is 0.0856. The highest BCUT2D eigenvalue weighted by Crippen LogP contribution is 2.69. The Morgan fingerprint density at radius 2 is 1.91 bits per heavy atom. The number of aliphatic hydroxyl groups is 2. The summed E-state index contributed by atoms with van der Waals surface area (Å²) in [7, 11) is -17.0. The first-order chi connectivity index (χ1) is 15.1. The van der Waals surface area contributed by atoms with Crippen molar-refractivity contribution in [2.24, 2.45) is 15.8 Å². The molecule has 2 fully saturated rings. The standard InChI is InChI=1S/C12H16N5O13P3/c13-3-11(6-2-1-5-9(14)15-4-16-17(5)6)10(18)12(19)7(27-11)8(12)28-32(23,24)30-33(25,26)29-31(20,21)22/h1,4,6-8,10,18-19H,2H2,(H,23,24)(H,25,26)(H2,14,15,16)(H2,20,21,22)/t6?,7-,8?,10+,11+,12+/m1/s1. The SMILES string of the molecule is N#C[C@@]1(C2CC=C3C(N)=NC=NN32)O[C@@H]2C(OP(=O)(O)OP(=O)(O)OP(=O)(O)O)[C@]2(O)[C@H]1O. The Morgan fingerprint density at radius 3 is 2.45 bits per heavy atom. The quantitative estimate of drug-likeness (QED) is 0.171. The van der Waals surface area contributed by atoms with E-state index in [1.807, 2.05) is 0 Å². The molecule has 0 aromatic carbocycles. The third kappa shape index (κ3) is 4.01. The van der Waals surface area contributed by atoms with Gasteiger partial charge in [0.25, 0.3) is 0 Å². The van der Waals surface area contributed by atoms with Gasteiger partial charge in [-0.15, -0.1) is 0 Å². The fourth-order valence-corrected chi connectivity index (χ4v) is 7.16. The van der Waals surface area contributed by atoms with E-state index in [0.29, 0.717) is 5.70 Å². The predicted molar refractivity (Wildman–Crippen MR) is 101 cm³/mol. The first-order valence-electron chi connectivity index (χ1n) is 8.73. The topological polar surface area (TPSA) is 287 Å². The lowest BCUT2D eigenvalue weighted by Gasteiger charge is -2.39. The van der Waals surface area contributed by atoms with Gasteiger partial charge in [0.15, 0.2) is 11.4 Å². The van der Waals surface area contributed by atoms with Crippen LogP contribution >= 0.6 is 23.5 Å². The minimum Gasteiger partial charge on any atom is -0.386 e. The molecule has 0 aromatic heterocycles. The van der Waals surface area contributed by atoms with Crippen molar-refractivity contribution in [1.29, 1.82) is 5.26 Å². The van der Waals surface area contributed by atoms with Gasteiger partial charge in [-0.2, -0.15) is 19.0 Å². The minimum atomic E-state index is -5.79. The van der Waals surface area contributed by atoms with Crippen molar-refractivity contribution in [1.82, 2.24) is 5.01 Å². The summed E-state index contributed by atoms with van der Waals surface area (Å²) in [4.78, 5) is 39.8. The van der Waals surface area contributed by atoms with Crippen LogP contribution in [0.3, 0.4) is 0 Å². The van der Waals surface area contributed by atoms with Gasteiger partial charge in [0.2, 0.25) is 5.60 Å². The summed E-state index contributed by atoms with van der Waals surface area (Å²) in [6, 6.07) is 0.795. The molecule has 33 heavy (non-hydrogen) atoms. The number of rotatable bonds is 7. The van der Waals surface area contributed by atoms with Gasteiger partial charge in [0.1, 0.15) is 36.8 Å². The lowest BCUT2D eigenvalue weighted by molar-refractivity contribution is -0.125. The molecule has 0 spiro atoms. The number of nitrogens with zero attached hydrogens (tertiary/aromatic N) is 4. The second kappa shape index (κ2) is 7.48. The number of phosphoric acid groups is 3. The van der Waals surface area contributed by atoms with Gasteiger partial charge in [-0.3, -0.25) is 9.53 Å². The number of ether oxygens (including phenoxy) is 1. The molecule has 182 valence electrons. The fourth-order valence-electron chi connectivity index (χ4n) is 3.94. The molecule has 3 heterocycles. The lowest BCUT2D eigenvalue weighted by Crippen LogP contribution is -2.59. The molecule has 0 amide bonds. The molecule has 4 rings (SSSR count). The van der Waals surface area contributed by atoms with Crippen LogP contribution in [0.25, 0.3) is 0 Å². The molecular formula is C12H16N5O13P3. The molecule has 1 saturated carbocycles. The minimum absolute atomic E-state index is 0.0856. The summed E-state index contributed by atoms with van der Waals surface area (Å²) in [5, 5.41) is 36.6. The van der Waals surface area contributed by atoms with Crippen molar-refractivity contribution in [3.8, 4) is 6.07 Å². The molecule has 0 bridgehead atoms. The van der Waals surface area contributed by atoms with Crippen molar-refractivity contribution >= 4 is 35.6 Å². The maximum Gasteiger partial charge on any atom is 0.490 e. The third-order valence-corrected chi connectivity index (χ3v) is 9.11. The second-order valence-corrected chi connectivity index (χ2v) is 11.7. The maximum absolute atomic E-state index is 12.0. The number of aliphatic imine (C=N–C) groups is 1. The molecule has 8 atom stereocenters. The second-order valence-electron chi connectivity index (χ2n) is 7.28. The van der Waals surface area contributed by atoms with E-state index in [-0.39, 0.29) is 12.3 Å². The smallest absolute Gasteiger partial charge is 0.386 e. The highest BCUT2D eigenvalue weighted by atomic mass is 31.3. The van der Waals surface area contributed by atoms with Crippen molar-refractivity contribution in [2.45, 2.75) is 42.0 Å². The van der Waals surface area contributed by atoms with E-state index in [1.165, 1.54) is 5.01 Å². The van der Waals surface area contributed by atoms with Gasteiger partial charge in [-0.25, -0.2) is 18.7 Å². The normalized spacial score (nSPS) is 40.7. The third-order valence-electron chi connectivity index (χ3n) is 5.29. The van der Waals surface area contributed by atoms with Gasteiger partial charge in [0.05, 0.1) is 5.70 Å². The van der Waals surface area contributed by atoms with Crippen LogP contribution < -0.4 is 5.73 Å². The van der Waals surface area contributed by atoms with Crippen molar-refractivity contribution in [3.05, 3.63) is 11.8 Å². The van der Waals surface area contributed by atoms with E-state index < -0.39 is 59.0 Å². The Bertz CT molecular complexity index is 1160. The van der Waals surface area contributed by atoms with E-state index in [0.717, 1.165) is 6.34 Å². The molecule has 21 heteroatoms. The molecule has 0 radical (unpaired) electrons. The largest absolute Gasteiger partial charge is 0.490 e. The van der Waals surface area contributed by atoms with Crippen LogP contribution in [0.4, 0.5) is 0 Å². The van der Waals surface area contributed by atoms with Crippen molar-refractivity contribution < 1.29 is 61.4 Å². The summed E-state index contributed by atoms with van der Waals surface area (Å²) >= 11 is 0. The van der Waals surface area contributed by atoms with Crippen LogP contribution in [0.2, 0.25) is 0 Å². The first-order valence-corrected chi connectivity index (χ1v) is 13.3. The average Bonchev–Trinajstić information content (AvgIpc) is 2.96. The number of hydrogen-bond donors (Lipinski definition) is 7. The zero-order valence-corrected chi connectivity index (χ0v) is 18.6. The number of hydrazone groups is 1. The zero-order chi connectivity index (χ0) is 24.6. The van der Waals surface area contributed by atoms with Gasteiger partial charge in [0, 0.05) is 0 Å². The van der Waals surface area contributed by atoms with Gasteiger partial charge < -0.3 is 40.3 Å². The number of fused-ring (bicyclic) bond motifs is 2. The van der Waals surface area contributed by atoms with Gasteiger partial charge >= 0.3 is 23.5 Å². The van der Waals surface area contributed by atoms with Crippen LogP contribution in [0, 0.1) is 11.3 Å². The first kappa shape index (κ1) is 24.6. The highest BCUT2D eigenvalue weighted by Gasteiger charge is 2.84. The molecular weight excluding hydrogens is 515 g/mol. The van der Waals surface area contributed by atoms with E-state index in [2.05, 4.69) is 23.2 Å². The Labute approximate surface area is 183 Å². The van der Waals surface area contributed by atoms with Crippen LogP contribution in [0.1, 0.15) is 6.42 Å². The van der Waals surface area contributed by atoms with Crippen LogP contribution in [-0.2, 0) is 31.6 Å². The molecule has 8 N–H and O–H groups in total. The number of nitriles is 1. The summed E-state index contributed by atoms with van der Waals surface area (Å²) in [6.45, 7) is 0. The molecule has 4 unspecified atom stereocenters. The Kier molecular flexibility index (Phi) is 5.57. The van der Waals surface area contributed by atoms with E-state index in [4.69, 9.17) is 20.3 Å². The molecule has 0 aromatic rings. The summed E-state index contributed by atoms with van der Waals surface area (Å²) in [6.07, 6.45) is -2.66. The Hall–Kier alpha value is -1.54. The molecule has 4 aliphatic rings. The summed E-state index contributed by atoms with van der Waals surface area (Å²) < 4.78 is 51.4. The monoisotopic (exact) mass is 531 g/mol. The Morgan fingerprint density at radius 1 is 1.24 bits per heavy atom. The zero-order valence-electron chi connectivity index (χ0n) is 15.9. The number of amidine groups is 1. The highest BCUT2D eigenvalue weighted by molar-refractivity contribution is 7.66. The van der Waals surface area contributed by atoms with E-state index in [9.17, 15) is 39.0 Å². The van der Waals surface area contributed by atoms with Gasteiger partial charge in [-0.1, -0.05) is 6.08 Å². The van der Waals surface area contributed by atoms with Crippen LogP contribution in [0.15, 0.2) is 21.9 Å². The molecule has 3 aliphatic heterocycles. The van der Waals surface area contributed by atoms with Gasteiger partial charge in [-0.05, 0) is 6.42 Å². The fraction of sp³-hybridized carbons (Fsp3) is 0.583. The molecule has 1 aliphatic carbocycles. The van der Waals surface area contributed by atoms with E-state index >= 15 is 0 Å². The number of nitrogens with two attached hydrogens (primary N) is 1. The Balaban J connectivity index is 1.49. The van der Waals surface area contributed by atoms with Crippen molar-refractivity contribution in [3.63, 3.8) is 0 Å². The maximum atomic E-state index is 12.0. The average molecular weight is 531 g/mol. The number of aliphatic hydroxyl groups excluding tert-OH is 1. The number of phosphoric ester groups is 1. The van der Waals surface area contributed by atoms with Crippen LogP contribution in [0.5, 0.6) is 0 Å². The summed E-state index contributed by atoms with van der Waals surface area (Å²) in [5.41, 5.74) is 1.56. The van der Waals surface area contributed by atoms with Crippen molar-refractivity contribution in [2.75, 3.05) is 0 Å². The van der Waals surface area contributed by atoms with E-state index in [1.54, 1.807) is 12.1 Å².